The van der Waals surface area contributed by atoms with Gasteiger partial charge >= 0.3 is 13.9 Å². The first kappa shape index (κ1) is 9.51. The third-order valence-electron chi connectivity index (χ3n) is 1.04. The molecule has 1 heterocycles. The molecule has 0 spiro atoms. The Hall–Kier alpha value is -0.580. The van der Waals surface area contributed by atoms with Crippen LogP contribution in [0.25, 0.3) is 0 Å². The molecule has 1 aliphatic rings. The van der Waals surface area contributed by atoms with Gasteiger partial charge in [0.05, 0.1) is 13.2 Å². The highest BCUT2D eigenvalue weighted by Crippen LogP contribution is 2.43. The normalized spacial score (nSPS) is 21.0. The standard InChI is InChI=1S/C5H10NO5P/c1-2-10-12(7,8)11-5-6-3-4-9-5/h2-4H2,1H3,(H,7,8). The fourth-order valence-corrected chi connectivity index (χ4v) is 1.35. The van der Waals surface area contributed by atoms with Crippen molar-refractivity contribution >= 4 is 13.9 Å². The smallest absolute Gasteiger partial charge is 0.448 e. The second-order valence-corrected chi connectivity index (χ2v) is 3.35. The number of nitrogens with zero attached hydrogens (tertiary/aromatic N) is 1. The van der Waals surface area contributed by atoms with Gasteiger partial charge < -0.3 is 9.26 Å². The summed E-state index contributed by atoms with van der Waals surface area (Å²) in [7, 11) is -4.00. The topological polar surface area (TPSA) is 77.4 Å². The van der Waals surface area contributed by atoms with Crippen molar-refractivity contribution in [2.24, 2.45) is 4.99 Å². The van der Waals surface area contributed by atoms with Gasteiger partial charge in [-0.15, -0.1) is 0 Å². The van der Waals surface area contributed by atoms with Gasteiger partial charge in [0.15, 0.2) is 0 Å². The van der Waals surface area contributed by atoms with Crippen molar-refractivity contribution in [2.45, 2.75) is 6.92 Å². The van der Waals surface area contributed by atoms with Crippen molar-refractivity contribution in [3.05, 3.63) is 0 Å². The van der Waals surface area contributed by atoms with Gasteiger partial charge in [-0.1, -0.05) is 0 Å². The van der Waals surface area contributed by atoms with Gasteiger partial charge in [0.1, 0.15) is 6.61 Å². The van der Waals surface area contributed by atoms with Gasteiger partial charge in [-0.25, -0.2) is 9.56 Å². The maximum Gasteiger partial charge on any atom is 0.530 e. The lowest BCUT2D eigenvalue weighted by Gasteiger charge is -2.09. The third kappa shape index (κ3) is 2.81. The maximum absolute atomic E-state index is 10.9. The van der Waals surface area contributed by atoms with E-state index in [0.717, 1.165) is 0 Å². The molecule has 6 nitrogen and oxygen atoms in total. The summed E-state index contributed by atoms with van der Waals surface area (Å²) in [5.41, 5.74) is 0. The molecule has 0 aliphatic carbocycles. The monoisotopic (exact) mass is 195 g/mol. The summed E-state index contributed by atoms with van der Waals surface area (Å²) in [6.45, 7) is 2.51. The number of aliphatic imine (C=N–C) groups is 1. The van der Waals surface area contributed by atoms with E-state index >= 15 is 0 Å². The van der Waals surface area contributed by atoms with E-state index in [9.17, 15) is 4.57 Å². The van der Waals surface area contributed by atoms with Crippen LogP contribution in [0.15, 0.2) is 4.99 Å². The van der Waals surface area contributed by atoms with E-state index in [1.165, 1.54) is 0 Å². The van der Waals surface area contributed by atoms with Gasteiger partial charge in [0.2, 0.25) is 0 Å². The minimum atomic E-state index is -4.00. The fourth-order valence-electron chi connectivity index (χ4n) is 0.659. The predicted octanol–water partition coefficient (Wildman–Crippen LogP) is 0.526. The highest BCUT2D eigenvalue weighted by molar-refractivity contribution is 7.48. The molecule has 1 rings (SSSR count). The van der Waals surface area contributed by atoms with Crippen molar-refractivity contribution in [1.29, 1.82) is 0 Å². The largest absolute Gasteiger partial charge is 0.530 e. The van der Waals surface area contributed by atoms with Crippen molar-refractivity contribution in [2.75, 3.05) is 19.8 Å². The van der Waals surface area contributed by atoms with Crippen LogP contribution in [0.2, 0.25) is 0 Å². The Kier molecular flexibility index (Phi) is 3.08. The van der Waals surface area contributed by atoms with Gasteiger partial charge in [-0.3, -0.25) is 9.42 Å². The number of hydrogen-bond acceptors (Lipinski definition) is 5. The molecular formula is C5H10NO5P. The molecule has 0 aromatic rings. The number of phosphoric ester groups is 1. The zero-order valence-corrected chi connectivity index (χ0v) is 7.49. The lowest BCUT2D eigenvalue weighted by Crippen LogP contribution is -2.04. The number of phosphoric acid groups is 1. The summed E-state index contributed by atoms with van der Waals surface area (Å²) in [4.78, 5) is 12.6. The molecule has 0 aromatic heterocycles. The number of hydrogen-bond donors (Lipinski definition) is 1. The maximum atomic E-state index is 10.9. The highest BCUT2D eigenvalue weighted by atomic mass is 31.2. The average Bonchev–Trinajstić information content (AvgIpc) is 2.38. The molecule has 0 saturated carbocycles. The summed E-state index contributed by atoms with van der Waals surface area (Å²) in [6, 6.07) is 0. The molecule has 1 atom stereocenters. The molecule has 1 N–H and O–H groups in total. The quantitative estimate of drug-likeness (QED) is 0.664. The van der Waals surface area contributed by atoms with Gasteiger partial charge in [-0.2, -0.15) is 0 Å². The molecule has 7 heteroatoms. The molecule has 0 saturated heterocycles. The average molecular weight is 195 g/mol. The molecule has 12 heavy (non-hydrogen) atoms. The van der Waals surface area contributed by atoms with Gasteiger partial charge in [0, 0.05) is 0 Å². The SMILES string of the molecule is CCOP(=O)(O)OC1=NCCO1. The van der Waals surface area contributed by atoms with Gasteiger partial charge in [-0.05, 0) is 6.92 Å². The van der Waals surface area contributed by atoms with Gasteiger partial charge in [0.25, 0.3) is 0 Å². The first-order valence-electron chi connectivity index (χ1n) is 3.48. The highest BCUT2D eigenvalue weighted by Gasteiger charge is 2.26. The Bertz CT molecular complexity index is 228. The summed E-state index contributed by atoms with van der Waals surface area (Å²) < 4.78 is 24.5. The molecule has 70 valence electrons. The van der Waals surface area contributed by atoms with Crippen LogP contribution in [0.4, 0.5) is 0 Å². The molecule has 1 unspecified atom stereocenters. The van der Waals surface area contributed by atoms with E-state index in [-0.39, 0.29) is 12.7 Å². The van der Waals surface area contributed by atoms with E-state index in [1.54, 1.807) is 6.92 Å². The van der Waals surface area contributed by atoms with Crippen molar-refractivity contribution < 1.29 is 23.2 Å². The molecule has 0 fully saturated rings. The summed E-state index contributed by atoms with van der Waals surface area (Å²) in [5.74, 6) is 0. The van der Waals surface area contributed by atoms with Crippen LogP contribution < -0.4 is 0 Å². The third-order valence-corrected chi connectivity index (χ3v) is 2.01. The Morgan fingerprint density at radius 2 is 2.58 bits per heavy atom. The minimum Gasteiger partial charge on any atom is -0.448 e. The molecular weight excluding hydrogens is 185 g/mol. The van der Waals surface area contributed by atoms with Crippen LogP contribution in [-0.2, 0) is 18.3 Å². The van der Waals surface area contributed by atoms with Crippen molar-refractivity contribution in [3.8, 4) is 0 Å². The summed E-state index contributed by atoms with van der Waals surface area (Å²) in [5, 5.41) is 0. The number of ether oxygens (including phenoxy) is 1. The van der Waals surface area contributed by atoms with Crippen LogP contribution in [0.1, 0.15) is 6.92 Å². The van der Waals surface area contributed by atoms with Crippen molar-refractivity contribution in [3.63, 3.8) is 0 Å². The first-order chi connectivity index (χ1) is 5.64. The second-order valence-electron chi connectivity index (χ2n) is 1.97. The Morgan fingerprint density at radius 1 is 1.83 bits per heavy atom. The summed E-state index contributed by atoms with van der Waals surface area (Å²) in [6.07, 6.45) is -0.172. The first-order valence-corrected chi connectivity index (χ1v) is 4.98. The van der Waals surface area contributed by atoms with Crippen LogP contribution in [0.5, 0.6) is 0 Å². The minimum absolute atomic E-state index is 0.0983. The van der Waals surface area contributed by atoms with E-state index < -0.39 is 7.82 Å². The Morgan fingerprint density at radius 3 is 3.08 bits per heavy atom. The lowest BCUT2D eigenvalue weighted by atomic mass is 10.8. The fraction of sp³-hybridized carbons (Fsp3) is 0.800. The van der Waals surface area contributed by atoms with Crippen LogP contribution in [0, 0.1) is 0 Å². The molecule has 0 bridgehead atoms. The zero-order chi connectivity index (χ0) is 9.03. The Labute approximate surface area is 69.8 Å². The van der Waals surface area contributed by atoms with E-state index in [1.807, 2.05) is 0 Å². The molecule has 0 radical (unpaired) electrons. The summed E-state index contributed by atoms with van der Waals surface area (Å²) >= 11 is 0. The van der Waals surface area contributed by atoms with E-state index in [0.29, 0.717) is 13.2 Å². The molecule has 0 aromatic carbocycles. The van der Waals surface area contributed by atoms with Crippen molar-refractivity contribution in [1.82, 2.24) is 0 Å². The molecule has 1 aliphatic heterocycles. The van der Waals surface area contributed by atoms with E-state index in [2.05, 4.69) is 14.0 Å². The van der Waals surface area contributed by atoms with Crippen LogP contribution in [-0.4, -0.2) is 30.7 Å². The van der Waals surface area contributed by atoms with Crippen LogP contribution in [0.3, 0.4) is 0 Å². The molecule has 0 amide bonds. The number of rotatable bonds is 3. The zero-order valence-electron chi connectivity index (χ0n) is 6.60. The lowest BCUT2D eigenvalue weighted by molar-refractivity contribution is 0.180. The second kappa shape index (κ2) is 3.89. The van der Waals surface area contributed by atoms with Crippen LogP contribution >= 0.6 is 7.82 Å². The Balaban J connectivity index is 2.43. The van der Waals surface area contributed by atoms with E-state index in [4.69, 9.17) is 9.63 Å². The predicted molar refractivity (Wildman–Crippen MR) is 40.8 cm³/mol.